The lowest BCUT2D eigenvalue weighted by molar-refractivity contribution is 1.91. The Morgan fingerprint density at radius 3 is 1.50 bits per heavy atom. The summed E-state index contributed by atoms with van der Waals surface area (Å²) in [5.41, 5.74) is 0. The summed E-state index contributed by atoms with van der Waals surface area (Å²) in [5, 5.41) is 0. The molecule has 0 spiro atoms. The molecule has 0 fully saturated rings. The molecule has 72 valence electrons. The molecule has 0 saturated carbocycles. The van der Waals surface area contributed by atoms with Gasteiger partial charge in [0.1, 0.15) is 0 Å². The third-order valence-corrected chi connectivity index (χ3v) is 4.78. The van der Waals surface area contributed by atoms with Gasteiger partial charge < -0.3 is 0 Å². The van der Waals surface area contributed by atoms with Crippen molar-refractivity contribution in [3.63, 3.8) is 0 Å². The third-order valence-electron chi connectivity index (χ3n) is 1.60. The van der Waals surface area contributed by atoms with Crippen molar-refractivity contribution in [2.24, 2.45) is 0 Å². The Balaban J connectivity index is 2.14. The Kier molecular flexibility index (Phi) is 3.60. The van der Waals surface area contributed by atoms with E-state index >= 15 is 0 Å². The van der Waals surface area contributed by atoms with Crippen molar-refractivity contribution in [1.29, 1.82) is 0 Å². The molecule has 0 aliphatic heterocycles. The number of rotatable bonds is 2. The average Bonchev–Trinajstić information content (AvgIpc) is 2.72. The van der Waals surface area contributed by atoms with Gasteiger partial charge in [0, 0.05) is 9.75 Å². The van der Waals surface area contributed by atoms with Crippen LogP contribution in [0.3, 0.4) is 0 Å². The fraction of sp³-hybridized carbons (Fsp3) is 0. The van der Waals surface area contributed by atoms with Crippen LogP contribution >= 0.6 is 54.5 Å². The summed E-state index contributed by atoms with van der Waals surface area (Å²) in [6, 6.07) is 8.34. The van der Waals surface area contributed by atoms with Gasteiger partial charge in [-0.3, -0.25) is 0 Å². The number of thiophene rings is 2. The predicted octanol–water partition coefficient (Wildman–Crippen LogP) is 5.51. The first-order valence-electron chi connectivity index (χ1n) is 3.93. The Morgan fingerprint density at radius 2 is 1.21 bits per heavy atom. The van der Waals surface area contributed by atoms with E-state index in [1.165, 1.54) is 17.3 Å². The Bertz CT molecular complexity index is 412. The van der Waals surface area contributed by atoms with Gasteiger partial charge in [-0.2, -0.15) is 0 Å². The molecule has 0 amide bonds. The Morgan fingerprint density at radius 1 is 0.786 bits per heavy atom. The molecular weight excluding hydrogens is 344 g/mol. The predicted molar refractivity (Wildman–Crippen MR) is 73.0 cm³/mol. The number of hydrogen-bond acceptors (Lipinski definition) is 2. The second-order valence-corrected chi connectivity index (χ2v) is 7.61. The van der Waals surface area contributed by atoms with Crippen LogP contribution in [0, 0.1) is 0 Å². The zero-order chi connectivity index (χ0) is 9.97. The van der Waals surface area contributed by atoms with Crippen LogP contribution < -0.4 is 0 Å². The summed E-state index contributed by atoms with van der Waals surface area (Å²) in [5.74, 6) is 0. The second-order valence-electron chi connectivity index (χ2n) is 2.62. The molecule has 0 radical (unpaired) electrons. The van der Waals surface area contributed by atoms with Crippen molar-refractivity contribution in [2.75, 3.05) is 0 Å². The first-order chi connectivity index (χ1) is 6.74. The van der Waals surface area contributed by atoms with Crippen LogP contribution in [0.1, 0.15) is 9.75 Å². The molecule has 0 aliphatic rings. The fourth-order valence-electron chi connectivity index (χ4n) is 1.000. The molecule has 0 unspecified atom stereocenters. The van der Waals surface area contributed by atoms with Crippen LogP contribution in [-0.2, 0) is 0 Å². The summed E-state index contributed by atoms with van der Waals surface area (Å²) in [4.78, 5) is 2.53. The highest BCUT2D eigenvalue weighted by atomic mass is 79.9. The van der Waals surface area contributed by atoms with E-state index < -0.39 is 0 Å². The first kappa shape index (κ1) is 10.6. The van der Waals surface area contributed by atoms with Gasteiger partial charge in [-0.05, 0) is 68.3 Å². The van der Waals surface area contributed by atoms with E-state index in [1.807, 2.05) is 0 Å². The highest BCUT2D eigenvalue weighted by Crippen LogP contribution is 2.26. The molecule has 2 rings (SSSR count). The molecule has 0 saturated heterocycles. The van der Waals surface area contributed by atoms with Crippen molar-refractivity contribution in [3.05, 3.63) is 41.6 Å². The van der Waals surface area contributed by atoms with Gasteiger partial charge in [-0.1, -0.05) is 0 Å². The van der Waals surface area contributed by atoms with Crippen molar-refractivity contribution in [2.45, 2.75) is 0 Å². The third kappa shape index (κ3) is 2.79. The Hall–Kier alpha value is 0.1000. The monoisotopic (exact) mass is 348 g/mol. The standard InChI is InChI=1S/C10H6Br2S2/c11-9-5-3-7(13-9)1-2-8-4-6-10(12)14-8/h1-6H/b2-1+. The van der Waals surface area contributed by atoms with Crippen molar-refractivity contribution in [3.8, 4) is 0 Å². The largest absolute Gasteiger partial charge is 0.129 e. The zero-order valence-electron chi connectivity index (χ0n) is 7.04. The van der Waals surface area contributed by atoms with Gasteiger partial charge >= 0.3 is 0 Å². The van der Waals surface area contributed by atoms with E-state index in [2.05, 4.69) is 68.3 Å². The van der Waals surface area contributed by atoms with Crippen LogP contribution in [0.4, 0.5) is 0 Å². The molecule has 0 aromatic carbocycles. The summed E-state index contributed by atoms with van der Waals surface area (Å²) in [7, 11) is 0. The second kappa shape index (κ2) is 4.75. The number of halogens is 2. The van der Waals surface area contributed by atoms with Gasteiger partial charge in [-0.25, -0.2) is 0 Å². The summed E-state index contributed by atoms with van der Waals surface area (Å²) in [6.45, 7) is 0. The molecule has 4 heteroatoms. The van der Waals surface area contributed by atoms with E-state index in [-0.39, 0.29) is 0 Å². The minimum atomic E-state index is 1.17. The lowest BCUT2D eigenvalue weighted by Crippen LogP contribution is -1.56. The molecule has 0 atom stereocenters. The molecular formula is C10H6Br2S2. The van der Waals surface area contributed by atoms with Crippen molar-refractivity contribution < 1.29 is 0 Å². The SMILES string of the molecule is Brc1ccc(/C=C/c2ccc(Br)s2)s1. The summed E-state index contributed by atoms with van der Waals surface area (Å²) >= 11 is 10.4. The molecule has 2 aromatic rings. The van der Waals surface area contributed by atoms with Gasteiger partial charge in [0.25, 0.3) is 0 Å². The minimum Gasteiger partial charge on any atom is -0.129 e. The van der Waals surface area contributed by atoms with Crippen LogP contribution in [0.15, 0.2) is 31.8 Å². The maximum absolute atomic E-state index is 3.44. The first-order valence-corrected chi connectivity index (χ1v) is 7.15. The maximum atomic E-state index is 3.44. The quantitative estimate of drug-likeness (QED) is 0.671. The normalized spacial score (nSPS) is 11.3. The molecule has 0 nitrogen and oxygen atoms in total. The lowest BCUT2D eigenvalue weighted by Gasteiger charge is -1.83. The molecule has 0 aliphatic carbocycles. The van der Waals surface area contributed by atoms with Crippen LogP contribution in [0.5, 0.6) is 0 Å². The molecule has 2 heterocycles. The van der Waals surface area contributed by atoms with E-state index in [9.17, 15) is 0 Å². The summed E-state index contributed by atoms with van der Waals surface area (Å²) in [6.07, 6.45) is 4.27. The molecule has 14 heavy (non-hydrogen) atoms. The smallest absolute Gasteiger partial charge is 0.0704 e. The van der Waals surface area contributed by atoms with E-state index in [0.29, 0.717) is 0 Å². The van der Waals surface area contributed by atoms with Gasteiger partial charge in [0.05, 0.1) is 7.57 Å². The van der Waals surface area contributed by atoms with Crippen molar-refractivity contribution >= 4 is 66.7 Å². The molecule has 0 bridgehead atoms. The number of hydrogen-bond donors (Lipinski definition) is 0. The highest BCUT2D eigenvalue weighted by Gasteiger charge is 1.94. The molecule has 0 N–H and O–H groups in total. The Labute approximate surface area is 108 Å². The van der Waals surface area contributed by atoms with E-state index in [4.69, 9.17) is 0 Å². The summed E-state index contributed by atoms with van der Waals surface area (Å²) < 4.78 is 2.34. The maximum Gasteiger partial charge on any atom is 0.0704 e. The lowest BCUT2D eigenvalue weighted by atomic mass is 10.4. The van der Waals surface area contributed by atoms with E-state index in [0.717, 1.165) is 0 Å². The zero-order valence-corrected chi connectivity index (χ0v) is 11.8. The van der Waals surface area contributed by atoms with E-state index in [1.54, 1.807) is 22.7 Å². The van der Waals surface area contributed by atoms with Crippen LogP contribution in [-0.4, -0.2) is 0 Å². The van der Waals surface area contributed by atoms with Gasteiger partial charge in [-0.15, -0.1) is 22.7 Å². The topological polar surface area (TPSA) is 0 Å². The van der Waals surface area contributed by atoms with Crippen LogP contribution in [0.2, 0.25) is 0 Å². The highest BCUT2D eigenvalue weighted by molar-refractivity contribution is 9.11. The van der Waals surface area contributed by atoms with Crippen molar-refractivity contribution in [1.82, 2.24) is 0 Å². The van der Waals surface area contributed by atoms with Gasteiger partial charge in [0.2, 0.25) is 0 Å². The van der Waals surface area contributed by atoms with Crippen LogP contribution in [0.25, 0.3) is 12.2 Å². The molecule has 2 aromatic heterocycles. The minimum absolute atomic E-state index is 1.17. The fourth-order valence-corrected chi connectivity index (χ4v) is 3.65. The van der Waals surface area contributed by atoms with Gasteiger partial charge in [0.15, 0.2) is 0 Å². The average molecular weight is 350 g/mol.